The van der Waals surface area contributed by atoms with Gasteiger partial charge in [0, 0.05) is 25.5 Å². The van der Waals surface area contributed by atoms with Crippen molar-refractivity contribution in [3.8, 4) is 0 Å². The highest BCUT2D eigenvalue weighted by molar-refractivity contribution is 5.83. The average molecular weight is 367 g/mol. The molecule has 1 saturated heterocycles. The minimum atomic E-state index is -0.237. The molecule has 1 aliphatic rings. The molecule has 1 fully saturated rings. The molecule has 144 valence electrons. The summed E-state index contributed by atoms with van der Waals surface area (Å²) in [6, 6.07) is 11.9. The third-order valence-electron chi connectivity index (χ3n) is 5.20. The lowest BCUT2D eigenvalue weighted by Gasteiger charge is -2.36. The topological polar surface area (TPSA) is 45.7 Å². The van der Waals surface area contributed by atoms with E-state index >= 15 is 0 Å². The Morgan fingerprint density at radius 2 is 1.96 bits per heavy atom. The molecule has 27 heavy (non-hydrogen) atoms. The van der Waals surface area contributed by atoms with Gasteiger partial charge in [0.2, 0.25) is 5.91 Å². The Morgan fingerprint density at radius 3 is 2.59 bits per heavy atom. The van der Waals surface area contributed by atoms with Gasteiger partial charge >= 0.3 is 0 Å². The quantitative estimate of drug-likeness (QED) is 0.787. The Hall–Kier alpha value is -2.24. The number of aromatic nitrogens is 1. The van der Waals surface area contributed by atoms with Crippen LogP contribution in [0.2, 0.25) is 0 Å². The lowest BCUT2D eigenvalue weighted by Crippen LogP contribution is -2.46. The molecule has 0 spiro atoms. The first-order valence-corrected chi connectivity index (χ1v) is 9.57. The molecule has 5 nitrogen and oxygen atoms in total. The zero-order chi connectivity index (χ0) is 19.2. The first kappa shape index (κ1) is 19.5. The van der Waals surface area contributed by atoms with Crippen LogP contribution in [0.5, 0.6) is 0 Å². The van der Waals surface area contributed by atoms with Crippen LogP contribution in [-0.2, 0) is 16.1 Å². The maximum absolute atomic E-state index is 13.2. The first-order valence-electron chi connectivity index (χ1n) is 9.57. The summed E-state index contributed by atoms with van der Waals surface area (Å²) in [7, 11) is 3.94. The molecule has 1 atom stereocenters. The molecule has 0 unspecified atom stereocenters. The summed E-state index contributed by atoms with van der Waals surface area (Å²) in [5.41, 5.74) is 3.32. The molecule has 1 aliphatic heterocycles. The van der Waals surface area contributed by atoms with E-state index in [0.29, 0.717) is 6.61 Å². The van der Waals surface area contributed by atoms with Crippen LogP contribution in [0.1, 0.15) is 35.6 Å². The smallest absolute Gasteiger partial charge is 0.244 e. The molecule has 0 aliphatic carbocycles. The summed E-state index contributed by atoms with van der Waals surface area (Å²) < 4.78 is 6.02. The van der Waals surface area contributed by atoms with Gasteiger partial charge in [0.15, 0.2) is 0 Å². The molecule has 0 bridgehead atoms. The zero-order valence-corrected chi connectivity index (χ0v) is 16.5. The molecule has 1 amide bonds. The number of likely N-dealkylation sites (tertiary alicyclic amines) is 1. The highest BCUT2D eigenvalue weighted by Crippen LogP contribution is 2.26. The molecule has 3 rings (SSSR count). The molecule has 1 aromatic heterocycles. The van der Waals surface area contributed by atoms with Crippen molar-refractivity contribution in [1.29, 1.82) is 0 Å². The fourth-order valence-corrected chi connectivity index (χ4v) is 3.64. The van der Waals surface area contributed by atoms with Crippen molar-refractivity contribution in [2.24, 2.45) is 0 Å². The van der Waals surface area contributed by atoms with E-state index < -0.39 is 0 Å². The highest BCUT2D eigenvalue weighted by atomic mass is 16.5. The molecule has 2 heterocycles. The van der Waals surface area contributed by atoms with E-state index in [-0.39, 0.29) is 18.1 Å². The number of hydrogen-bond acceptors (Lipinski definition) is 4. The number of amides is 1. The lowest BCUT2D eigenvalue weighted by molar-refractivity contribution is -0.139. The summed E-state index contributed by atoms with van der Waals surface area (Å²) in [6.45, 7) is 4.13. The van der Waals surface area contributed by atoms with Crippen molar-refractivity contribution in [1.82, 2.24) is 14.8 Å². The van der Waals surface area contributed by atoms with E-state index in [0.717, 1.165) is 42.6 Å². The normalized spacial score (nSPS) is 16.5. The highest BCUT2D eigenvalue weighted by Gasteiger charge is 2.31. The van der Waals surface area contributed by atoms with E-state index in [1.54, 1.807) is 6.20 Å². The van der Waals surface area contributed by atoms with Crippen molar-refractivity contribution in [2.75, 3.05) is 27.2 Å². The summed E-state index contributed by atoms with van der Waals surface area (Å²) in [5, 5.41) is 0. The van der Waals surface area contributed by atoms with Crippen LogP contribution in [0.15, 0.2) is 48.8 Å². The maximum atomic E-state index is 13.2. The number of rotatable bonds is 6. The summed E-state index contributed by atoms with van der Waals surface area (Å²) in [5.74, 6) is 0.181. The SMILES string of the molecule is Cc1ccccc1[C@@H](C(=O)N1CCC(OCc2cccnc2)CC1)N(C)C. The number of benzene rings is 1. The Morgan fingerprint density at radius 1 is 1.22 bits per heavy atom. The predicted octanol–water partition coefficient (Wildman–Crippen LogP) is 3.20. The minimum absolute atomic E-state index is 0.181. The third-order valence-corrected chi connectivity index (χ3v) is 5.20. The number of aryl methyl sites for hydroxylation is 1. The second-order valence-electron chi connectivity index (χ2n) is 7.42. The van der Waals surface area contributed by atoms with Gasteiger partial charge in [0.25, 0.3) is 0 Å². The van der Waals surface area contributed by atoms with Crippen molar-refractivity contribution >= 4 is 5.91 Å². The molecule has 0 radical (unpaired) electrons. The molecule has 1 aromatic carbocycles. The largest absolute Gasteiger partial charge is 0.373 e. The third kappa shape index (κ3) is 4.93. The van der Waals surface area contributed by atoms with Gasteiger partial charge in [-0.3, -0.25) is 14.7 Å². The lowest BCUT2D eigenvalue weighted by atomic mass is 9.98. The molecule has 0 N–H and O–H groups in total. The Kier molecular flexibility index (Phi) is 6.58. The van der Waals surface area contributed by atoms with Gasteiger partial charge in [-0.1, -0.05) is 30.3 Å². The van der Waals surface area contributed by atoms with Crippen LogP contribution in [0.3, 0.4) is 0 Å². The first-order chi connectivity index (χ1) is 13.1. The van der Waals surface area contributed by atoms with Gasteiger partial charge in [-0.15, -0.1) is 0 Å². The van der Waals surface area contributed by atoms with Crippen LogP contribution in [0, 0.1) is 6.92 Å². The number of piperidine rings is 1. The zero-order valence-electron chi connectivity index (χ0n) is 16.5. The monoisotopic (exact) mass is 367 g/mol. The molecule has 0 saturated carbocycles. The number of carbonyl (C=O) groups excluding carboxylic acids is 1. The molecule has 2 aromatic rings. The van der Waals surface area contributed by atoms with Crippen LogP contribution in [0.25, 0.3) is 0 Å². The maximum Gasteiger partial charge on any atom is 0.244 e. The summed E-state index contributed by atoms with van der Waals surface area (Å²) >= 11 is 0. The van der Waals surface area contributed by atoms with Crippen LogP contribution >= 0.6 is 0 Å². The van der Waals surface area contributed by atoms with Crippen molar-refractivity contribution in [3.05, 3.63) is 65.5 Å². The molecule has 5 heteroatoms. The number of hydrogen-bond donors (Lipinski definition) is 0. The number of carbonyl (C=O) groups is 1. The second-order valence-corrected chi connectivity index (χ2v) is 7.42. The summed E-state index contributed by atoms with van der Waals surface area (Å²) in [6.07, 6.45) is 5.55. The van der Waals surface area contributed by atoms with E-state index in [4.69, 9.17) is 4.74 Å². The van der Waals surface area contributed by atoms with Crippen molar-refractivity contribution in [3.63, 3.8) is 0 Å². The van der Waals surface area contributed by atoms with E-state index in [1.807, 2.05) is 54.4 Å². The van der Waals surface area contributed by atoms with Crippen LogP contribution in [-0.4, -0.2) is 54.0 Å². The van der Waals surface area contributed by atoms with E-state index in [9.17, 15) is 4.79 Å². The number of nitrogens with zero attached hydrogens (tertiary/aromatic N) is 3. The standard InChI is InChI=1S/C22H29N3O2/c1-17-7-4-5-9-20(17)21(24(2)3)22(26)25-13-10-19(11-14-25)27-16-18-8-6-12-23-15-18/h4-9,12,15,19,21H,10-11,13-14,16H2,1-3H3/t21-/m0/s1. The fraction of sp³-hybridized carbons (Fsp3) is 0.455. The number of pyridine rings is 1. The van der Waals surface area contributed by atoms with E-state index in [1.165, 1.54) is 0 Å². The fourth-order valence-electron chi connectivity index (χ4n) is 3.64. The van der Waals surface area contributed by atoms with Gasteiger partial charge in [-0.05, 0) is 56.6 Å². The van der Waals surface area contributed by atoms with Crippen molar-refractivity contribution in [2.45, 2.75) is 38.5 Å². The predicted molar refractivity (Wildman–Crippen MR) is 106 cm³/mol. The van der Waals surface area contributed by atoms with Gasteiger partial charge in [0.05, 0.1) is 12.7 Å². The second kappa shape index (κ2) is 9.11. The van der Waals surface area contributed by atoms with Gasteiger partial charge < -0.3 is 9.64 Å². The summed E-state index contributed by atoms with van der Waals surface area (Å²) in [4.78, 5) is 21.3. The van der Waals surface area contributed by atoms with Gasteiger partial charge in [-0.2, -0.15) is 0 Å². The molecular formula is C22H29N3O2. The molecular weight excluding hydrogens is 338 g/mol. The average Bonchev–Trinajstić information content (AvgIpc) is 2.69. The van der Waals surface area contributed by atoms with Crippen molar-refractivity contribution < 1.29 is 9.53 Å². The van der Waals surface area contributed by atoms with E-state index in [2.05, 4.69) is 24.0 Å². The Balaban J connectivity index is 1.57. The number of likely N-dealkylation sites (N-methyl/N-ethyl adjacent to an activating group) is 1. The Bertz CT molecular complexity index is 740. The Labute approximate surface area is 162 Å². The van der Waals surface area contributed by atoms with Gasteiger partial charge in [0.1, 0.15) is 6.04 Å². The van der Waals surface area contributed by atoms with Crippen LogP contribution < -0.4 is 0 Å². The van der Waals surface area contributed by atoms with Crippen LogP contribution in [0.4, 0.5) is 0 Å². The minimum Gasteiger partial charge on any atom is -0.373 e. The van der Waals surface area contributed by atoms with Gasteiger partial charge in [-0.25, -0.2) is 0 Å². The number of ether oxygens (including phenoxy) is 1.